The molecule has 0 saturated carbocycles. The Morgan fingerprint density at radius 2 is 1.84 bits per heavy atom. The van der Waals surface area contributed by atoms with Gasteiger partial charge in [0.2, 0.25) is 0 Å². The smallest absolute Gasteiger partial charge is 0.0447 e. The second-order valence-electron chi connectivity index (χ2n) is 5.09. The van der Waals surface area contributed by atoms with Crippen molar-refractivity contribution in [3.63, 3.8) is 0 Å². The summed E-state index contributed by atoms with van der Waals surface area (Å²) in [6.07, 6.45) is 1.15. The summed E-state index contributed by atoms with van der Waals surface area (Å²) < 4.78 is 0. The van der Waals surface area contributed by atoms with Crippen LogP contribution in [0.5, 0.6) is 0 Å². The van der Waals surface area contributed by atoms with Crippen LogP contribution < -0.4 is 5.32 Å². The molecule has 0 bridgehead atoms. The molecule has 0 fully saturated rings. The predicted molar refractivity (Wildman–Crippen MR) is 82.8 cm³/mol. The van der Waals surface area contributed by atoms with E-state index in [1.54, 1.807) is 0 Å². The van der Waals surface area contributed by atoms with Crippen LogP contribution in [0.2, 0.25) is 0 Å². The van der Waals surface area contributed by atoms with Crippen molar-refractivity contribution in [3.05, 3.63) is 65.2 Å². The molecule has 0 aromatic heterocycles. The fourth-order valence-electron chi connectivity index (χ4n) is 2.87. The van der Waals surface area contributed by atoms with Gasteiger partial charge in [0.05, 0.1) is 0 Å². The molecular formula is C17H19NS. The number of thioether (sulfide) groups is 1. The van der Waals surface area contributed by atoms with Gasteiger partial charge in [0.15, 0.2) is 0 Å². The van der Waals surface area contributed by atoms with E-state index < -0.39 is 0 Å². The summed E-state index contributed by atoms with van der Waals surface area (Å²) in [4.78, 5) is 1.45. The minimum absolute atomic E-state index is 0.415. The van der Waals surface area contributed by atoms with E-state index in [-0.39, 0.29) is 0 Å². The Morgan fingerprint density at radius 1 is 1.11 bits per heavy atom. The number of fused-ring (bicyclic) bond motifs is 1. The highest BCUT2D eigenvalue weighted by atomic mass is 32.2. The van der Waals surface area contributed by atoms with Crippen molar-refractivity contribution in [1.82, 2.24) is 5.32 Å². The first-order valence-corrected chi connectivity index (χ1v) is 7.65. The molecule has 3 rings (SSSR count). The van der Waals surface area contributed by atoms with Crippen LogP contribution in [-0.2, 0) is 6.42 Å². The van der Waals surface area contributed by atoms with Crippen molar-refractivity contribution in [2.45, 2.75) is 29.5 Å². The third-order valence-electron chi connectivity index (χ3n) is 3.88. The first-order valence-electron chi connectivity index (χ1n) is 6.77. The lowest BCUT2D eigenvalue weighted by atomic mass is 9.95. The van der Waals surface area contributed by atoms with Gasteiger partial charge >= 0.3 is 0 Å². The van der Waals surface area contributed by atoms with Crippen LogP contribution in [0.3, 0.4) is 0 Å². The van der Waals surface area contributed by atoms with E-state index in [9.17, 15) is 0 Å². The Kier molecular flexibility index (Phi) is 3.63. The molecule has 19 heavy (non-hydrogen) atoms. The fraction of sp³-hybridized carbons (Fsp3) is 0.294. The minimum Gasteiger partial charge on any atom is -0.312 e. The Morgan fingerprint density at radius 3 is 2.58 bits per heavy atom. The molecule has 2 unspecified atom stereocenters. The lowest BCUT2D eigenvalue weighted by Gasteiger charge is -2.24. The van der Waals surface area contributed by atoms with E-state index in [0.29, 0.717) is 11.3 Å². The number of hydrogen-bond donors (Lipinski definition) is 1. The van der Waals surface area contributed by atoms with Gasteiger partial charge in [-0.05, 0) is 43.1 Å². The van der Waals surface area contributed by atoms with Crippen molar-refractivity contribution in [1.29, 1.82) is 0 Å². The lowest BCUT2D eigenvalue weighted by Crippen LogP contribution is -2.27. The molecule has 1 N–H and O–H groups in total. The van der Waals surface area contributed by atoms with Gasteiger partial charge in [0.1, 0.15) is 0 Å². The van der Waals surface area contributed by atoms with Gasteiger partial charge in [-0.1, -0.05) is 42.5 Å². The summed E-state index contributed by atoms with van der Waals surface area (Å²) in [6, 6.07) is 17.9. The molecule has 98 valence electrons. The SMILES string of the molecule is CNC(c1ccccc1C)C1Cc2ccccc2S1. The highest BCUT2D eigenvalue weighted by Crippen LogP contribution is 2.42. The normalized spacial score (nSPS) is 19.2. The molecule has 1 nitrogen and oxygen atoms in total. The molecule has 1 heterocycles. The van der Waals surface area contributed by atoms with Crippen LogP contribution in [0.1, 0.15) is 22.7 Å². The first-order chi connectivity index (χ1) is 9.29. The third-order valence-corrected chi connectivity index (χ3v) is 5.27. The van der Waals surface area contributed by atoms with Crippen molar-refractivity contribution in [2.75, 3.05) is 7.05 Å². The number of rotatable bonds is 3. The lowest BCUT2D eigenvalue weighted by molar-refractivity contribution is 0.566. The van der Waals surface area contributed by atoms with Gasteiger partial charge in [0, 0.05) is 16.2 Å². The van der Waals surface area contributed by atoms with Gasteiger partial charge in [-0.2, -0.15) is 0 Å². The van der Waals surface area contributed by atoms with E-state index >= 15 is 0 Å². The summed E-state index contributed by atoms with van der Waals surface area (Å²) >= 11 is 2.01. The molecule has 2 heteroatoms. The monoisotopic (exact) mass is 269 g/mol. The van der Waals surface area contributed by atoms with Crippen LogP contribution in [0, 0.1) is 6.92 Å². The van der Waals surface area contributed by atoms with Crippen molar-refractivity contribution in [3.8, 4) is 0 Å². The summed E-state index contributed by atoms with van der Waals surface area (Å²) in [5.74, 6) is 0. The topological polar surface area (TPSA) is 12.0 Å². The van der Waals surface area contributed by atoms with Gasteiger partial charge in [-0.15, -0.1) is 11.8 Å². The summed E-state index contributed by atoms with van der Waals surface area (Å²) in [7, 11) is 2.07. The summed E-state index contributed by atoms with van der Waals surface area (Å²) in [5.41, 5.74) is 4.29. The largest absolute Gasteiger partial charge is 0.312 e. The molecule has 0 radical (unpaired) electrons. The molecule has 1 aliphatic heterocycles. The Balaban J connectivity index is 1.88. The van der Waals surface area contributed by atoms with Crippen molar-refractivity contribution in [2.24, 2.45) is 0 Å². The molecule has 2 aromatic carbocycles. The number of hydrogen-bond acceptors (Lipinski definition) is 2. The first kappa shape index (κ1) is 12.8. The van der Waals surface area contributed by atoms with Crippen molar-refractivity contribution < 1.29 is 0 Å². The molecule has 1 aliphatic rings. The maximum Gasteiger partial charge on any atom is 0.0447 e. The van der Waals surface area contributed by atoms with E-state index in [1.807, 2.05) is 11.8 Å². The molecular weight excluding hydrogens is 250 g/mol. The number of aryl methyl sites for hydroxylation is 1. The highest BCUT2D eigenvalue weighted by molar-refractivity contribution is 8.00. The third kappa shape index (κ3) is 2.43. The van der Waals surface area contributed by atoms with Gasteiger partial charge in [-0.25, -0.2) is 0 Å². The Hall–Kier alpha value is -1.25. The molecule has 2 aromatic rings. The average molecular weight is 269 g/mol. The minimum atomic E-state index is 0.415. The Labute approximate surface area is 119 Å². The maximum absolute atomic E-state index is 3.52. The zero-order chi connectivity index (χ0) is 13.2. The fourth-order valence-corrected chi connectivity index (χ4v) is 4.34. The van der Waals surface area contributed by atoms with Gasteiger partial charge in [0.25, 0.3) is 0 Å². The zero-order valence-electron chi connectivity index (χ0n) is 11.4. The van der Waals surface area contributed by atoms with E-state index in [4.69, 9.17) is 0 Å². The zero-order valence-corrected chi connectivity index (χ0v) is 12.2. The van der Waals surface area contributed by atoms with Gasteiger partial charge in [-0.3, -0.25) is 0 Å². The standard InChI is InChI=1S/C17H19NS/c1-12-7-3-5-9-14(12)17(18-2)16-11-13-8-4-6-10-15(13)19-16/h3-10,16-18H,11H2,1-2H3. The second kappa shape index (κ2) is 5.40. The Bertz CT molecular complexity index is 554. The second-order valence-corrected chi connectivity index (χ2v) is 6.37. The van der Waals surface area contributed by atoms with Crippen LogP contribution in [0.15, 0.2) is 53.4 Å². The predicted octanol–water partition coefficient (Wildman–Crippen LogP) is 3.97. The summed E-state index contributed by atoms with van der Waals surface area (Å²) in [6.45, 7) is 2.20. The molecule has 0 aliphatic carbocycles. The summed E-state index contributed by atoms with van der Waals surface area (Å²) in [5, 5.41) is 4.10. The molecule has 0 amide bonds. The van der Waals surface area contributed by atoms with E-state index in [0.717, 1.165) is 6.42 Å². The quantitative estimate of drug-likeness (QED) is 0.904. The van der Waals surface area contributed by atoms with E-state index in [2.05, 4.69) is 67.8 Å². The molecule has 0 spiro atoms. The highest BCUT2D eigenvalue weighted by Gasteiger charge is 2.29. The van der Waals surface area contributed by atoms with Gasteiger partial charge < -0.3 is 5.32 Å². The number of nitrogens with one attached hydrogen (secondary N) is 1. The van der Waals surface area contributed by atoms with Crippen LogP contribution in [0.25, 0.3) is 0 Å². The van der Waals surface area contributed by atoms with Crippen LogP contribution >= 0.6 is 11.8 Å². The van der Waals surface area contributed by atoms with Crippen LogP contribution in [-0.4, -0.2) is 12.3 Å². The average Bonchev–Trinajstić information content (AvgIpc) is 2.85. The van der Waals surface area contributed by atoms with E-state index in [1.165, 1.54) is 21.6 Å². The van der Waals surface area contributed by atoms with Crippen molar-refractivity contribution >= 4 is 11.8 Å². The molecule has 2 atom stereocenters. The van der Waals surface area contributed by atoms with Crippen LogP contribution in [0.4, 0.5) is 0 Å². The number of benzene rings is 2. The maximum atomic E-state index is 3.52. The molecule has 0 saturated heterocycles.